The summed E-state index contributed by atoms with van der Waals surface area (Å²) >= 11 is 5.93. The van der Waals surface area contributed by atoms with Crippen molar-refractivity contribution in [3.63, 3.8) is 0 Å². The number of carbonyl (C=O) groups excluding carboxylic acids is 1. The maximum absolute atomic E-state index is 13.7. The molecule has 0 saturated carbocycles. The maximum Gasteiger partial charge on any atom is 0.255 e. The SMILES string of the molecule is Cc1ccc(NC(=O)c2ccc3noc(-c4ccc(Cl)cc4)c3c2)cc1F. The van der Waals surface area contributed by atoms with Gasteiger partial charge in [0.05, 0.1) is 5.39 Å². The van der Waals surface area contributed by atoms with Gasteiger partial charge in [-0.05, 0) is 67.1 Å². The fraction of sp³-hybridized carbons (Fsp3) is 0.0476. The smallest absolute Gasteiger partial charge is 0.255 e. The summed E-state index contributed by atoms with van der Waals surface area (Å²) in [5.74, 6) is -0.159. The lowest BCUT2D eigenvalue weighted by Crippen LogP contribution is -2.12. The molecule has 6 heteroatoms. The highest BCUT2D eigenvalue weighted by molar-refractivity contribution is 6.30. The van der Waals surface area contributed by atoms with Crippen LogP contribution in [0.15, 0.2) is 65.2 Å². The molecule has 0 saturated heterocycles. The number of aromatic nitrogens is 1. The molecule has 0 aliphatic rings. The average Bonchev–Trinajstić information content (AvgIpc) is 3.08. The van der Waals surface area contributed by atoms with Crippen LogP contribution in [0, 0.1) is 12.7 Å². The lowest BCUT2D eigenvalue weighted by Gasteiger charge is -2.06. The standard InChI is InChI=1S/C21H14ClFN2O2/c1-12-2-8-16(11-18(12)23)24-21(26)14-5-9-19-17(10-14)20(27-25-19)13-3-6-15(22)7-4-13/h2-11H,1H3,(H,24,26). The Morgan fingerprint density at radius 3 is 2.59 bits per heavy atom. The number of hydrogen-bond acceptors (Lipinski definition) is 3. The molecule has 1 aromatic heterocycles. The van der Waals surface area contributed by atoms with E-state index in [0.717, 1.165) is 5.56 Å². The van der Waals surface area contributed by atoms with E-state index in [1.165, 1.54) is 6.07 Å². The van der Waals surface area contributed by atoms with Crippen molar-refractivity contribution >= 4 is 34.1 Å². The number of benzene rings is 3. The first-order valence-electron chi connectivity index (χ1n) is 8.24. The molecule has 0 aliphatic carbocycles. The van der Waals surface area contributed by atoms with Crippen molar-refractivity contribution in [1.29, 1.82) is 0 Å². The Balaban J connectivity index is 1.68. The lowest BCUT2D eigenvalue weighted by atomic mass is 10.1. The molecule has 4 rings (SSSR count). The molecule has 0 atom stereocenters. The van der Waals surface area contributed by atoms with Gasteiger partial charge < -0.3 is 9.84 Å². The molecule has 1 heterocycles. The number of nitrogens with one attached hydrogen (secondary N) is 1. The Morgan fingerprint density at radius 2 is 1.85 bits per heavy atom. The molecule has 134 valence electrons. The predicted molar refractivity (Wildman–Crippen MR) is 104 cm³/mol. The molecule has 0 radical (unpaired) electrons. The molecule has 0 fully saturated rings. The molecule has 3 aromatic carbocycles. The van der Waals surface area contributed by atoms with Gasteiger partial charge in [0.1, 0.15) is 11.3 Å². The number of halogens is 2. The summed E-state index contributed by atoms with van der Waals surface area (Å²) in [6.45, 7) is 1.67. The Hall–Kier alpha value is -3.18. The van der Waals surface area contributed by atoms with Crippen molar-refractivity contribution in [2.45, 2.75) is 6.92 Å². The third-order valence-corrected chi connectivity index (χ3v) is 4.53. The van der Waals surface area contributed by atoms with Crippen LogP contribution >= 0.6 is 11.6 Å². The summed E-state index contributed by atoms with van der Waals surface area (Å²) < 4.78 is 19.1. The second-order valence-corrected chi connectivity index (χ2v) is 6.61. The van der Waals surface area contributed by atoms with Crippen LogP contribution in [0.3, 0.4) is 0 Å². The lowest BCUT2D eigenvalue weighted by molar-refractivity contribution is 0.102. The summed E-state index contributed by atoms with van der Waals surface area (Å²) in [4.78, 5) is 12.6. The fourth-order valence-corrected chi connectivity index (χ4v) is 2.89. The maximum atomic E-state index is 13.7. The van der Waals surface area contributed by atoms with Gasteiger partial charge in [0.2, 0.25) is 0 Å². The van der Waals surface area contributed by atoms with Crippen molar-refractivity contribution in [1.82, 2.24) is 5.16 Å². The molecule has 4 aromatic rings. The fourth-order valence-electron chi connectivity index (χ4n) is 2.77. The molecule has 0 unspecified atom stereocenters. The van der Waals surface area contributed by atoms with Gasteiger partial charge in [-0.25, -0.2) is 4.39 Å². The zero-order valence-electron chi connectivity index (χ0n) is 14.3. The van der Waals surface area contributed by atoms with Gasteiger partial charge in [-0.2, -0.15) is 0 Å². The number of amides is 1. The monoisotopic (exact) mass is 380 g/mol. The van der Waals surface area contributed by atoms with Crippen molar-refractivity contribution in [2.24, 2.45) is 0 Å². The van der Waals surface area contributed by atoms with Gasteiger partial charge in [-0.3, -0.25) is 4.79 Å². The minimum Gasteiger partial charge on any atom is -0.355 e. The van der Waals surface area contributed by atoms with E-state index in [-0.39, 0.29) is 11.7 Å². The van der Waals surface area contributed by atoms with Gasteiger partial charge in [-0.15, -0.1) is 0 Å². The van der Waals surface area contributed by atoms with E-state index < -0.39 is 0 Å². The first kappa shape index (κ1) is 17.2. The number of carbonyl (C=O) groups is 1. The van der Waals surface area contributed by atoms with Gasteiger partial charge in [0, 0.05) is 21.8 Å². The van der Waals surface area contributed by atoms with Crippen molar-refractivity contribution in [3.8, 4) is 11.3 Å². The minimum absolute atomic E-state index is 0.344. The summed E-state index contributed by atoms with van der Waals surface area (Å²) in [6.07, 6.45) is 0. The second kappa shape index (κ2) is 6.85. The molecule has 1 N–H and O–H groups in total. The van der Waals surface area contributed by atoms with Gasteiger partial charge in [0.15, 0.2) is 5.76 Å². The minimum atomic E-state index is -0.368. The highest BCUT2D eigenvalue weighted by Crippen LogP contribution is 2.30. The topological polar surface area (TPSA) is 55.1 Å². The van der Waals surface area contributed by atoms with E-state index in [1.54, 1.807) is 49.4 Å². The quantitative estimate of drug-likeness (QED) is 0.485. The van der Waals surface area contributed by atoms with E-state index in [1.807, 2.05) is 12.1 Å². The average molecular weight is 381 g/mol. The van der Waals surface area contributed by atoms with Crippen LogP contribution in [-0.4, -0.2) is 11.1 Å². The van der Waals surface area contributed by atoms with Crippen LogP contribution in [0.2, 0.25) is 5.02 Å². The summed E-state index contributed by atoms with van der Waals surface area (Å²) in [5.41, 5.74) is 2.78. The third-order valence-electron chi connectivity index (χ3n) is 4.27. The van der Waals surface area contributed by atoms with E-state index in [4.69, 9.17) is 16.1 Å². The van der Waals surface area contributed by atoms with Gasteiger partial charge in [-0.1, -0.05) is 22.8 Å². The zero-order valence-corrected chi connectivity index (χ0v) is 15.0. The zero-order chi connectivity index (χ0) is 19.0. The number of hydrogen-bond donors (Lipinski definition) is 1. The molecular formula is C21H14ClFN2O2. The van der Waals surface area contributed by atoms with Crippen LogP contribution in [0.25, 0.3) is 22.2 Å². The molecule has 0 bridgehead atoms. The summed E-state index contributed by atoms with van der Waals surface area (Å²) in [7, 11) is 0. The highest BCUT2D eigenvalue weighted by Gasteiger charge is 2.14. The van der Waals surface area contributed by atoms with E-state index in [2.05, 4.69) is 10.5 Å². The number of nitrogens with zero attached hydrogens (tertiary/aromatic N) is 1. The Morgan fingerprint density at radius 1 is 1.07 bits per heavy atom. The highest BCUT2D eigenvalue weighted by atomic mass is 35.5. The number of rotatable bonds is 3. The van der Waals surface area contributed by atoms with E-state index >= 15 is 0 Å². The van der Waals surface area contributed by atoms with Crippen LogP contribution < -0.4 is 5.32 Å². The van der Waals surface area contributed by atoms with Crippen LogP contribution in [0.4, 0.5) is 10.1 Å². The Labute approximate surface area is 159 Å². The first-order chi connectivity index (χ1) is 13.0. The molecule has 0 spiro atoms. The van der Waals surface area contributed by atoms with Gasteiger partial charge in [0.25, 0.3) is 5.91 Å². The Bertz CT molecular complexity index is 1150. The van der Waals surface area contributed by atoms with Crippen LogP contribution in [0.1, 0.15) is 15.9 Å². The van der Waals surface area contributed by atoms with Crippen molar-refractivity contribution < 1.29 is 13.7 Å². The molecular weight excluding hydrogens is 367 g/mol. The Kier molecular flexibility index (Phi) is 4.38. The van der Waals surface area contributed by atoms with Crippen LogP contribution in [0.5, 0.6) is 0 Å². The summed E-state index contributed by atoms with van der Waals surface area (Å²) in [6, 6.07) is 16.8. The largest absolute Gasteiger partial charge is 0.355 e. The second-order valence-electron chi connectivity index (χ2n) is 6.17. The summed E-state index contributed by atoms with van der Waals surface area (Å²) in [5, 5.41) is 8.06. The predicted octanol–water partition coefficient (Wildman–Crippen LogP) is 5.85. The molecule has 1 amide bonds. The van der Waals surface area contributed by atoms with Crippen LogP contribution in [-0.2, 0) is 0 Å². The normalized spacial score (nSPS) is 10.9. The molecule has 27 heavy (non-hydrogen) atoms. The molecule has 0 aliphatic heterocycles. The first-order valence-corrected chi connectivity index (χ1v) is 8.62. The van der Waals surface area contributed by atoms with Gasteiger partial charge >= 0.3 is 0 Å². The van der Waals surface area contributed by atoms with Crippen molar-refractivity contribution in [3.05, 3.63) is 82.6 Å². The number of anilines is 1. The molecule has 4 nitrogen and oxygen atoms in total. The van der Waals surface area contributed by atoms with E-state index in [0.29, 0.717) is 38.5 Å². The van der Waals surface area contributed by atoms with E-state index in [9.17, 15) is 9.18 Å². The number of fused-ring (bicyclic) bond motifs is 1. The van der Waals surface area contributed by atoms with Crippen molar-refractivity contribution in [2.75, 3.05) is 5.32 Å². The number of aryl methyl sites for hydroxylation is 1. The third kappa shape index (κ3) is 3.41.